The topological polar surface area (TPSA) is 21.3 Å². The molecule has 0 radical (unpaired) electrons. The molecule has 1 aromatic carbocycles. The highest BCUT2D eigenvalue weighted by Crippen LogP contribution is 2.25. The van der Waals surface area contributed by atoms with Crippen molar-refractivity contribution in [2.75, 3.05) is 25.1 Å². The lowest BCUT2D eigenvalue weighted by atomic mass is 10.1. The fraction of sp³-hybridized carbons (Fsp3) is 0.538. The minimum atomic E-state index is 0.710. The summed E-state index contributed by atoms with van der Waals surface area (Å²) in [5, 5.41) is 3.34. The standard InChI is InChI=1S/C13H19Br2NO/c1-10(2)5-7-17-8-6-16-13-9-11(14)3-4-12(13)15/h3-4,9-10,16H,5-8H2,1-2H3. The van der Waals surface area contributed by atoms with Gasteiger partial charge in [-0.1, -0.05) is 29.8 Å². The Kier molecular flexibility index (Phi) is 7.16. The van der Waals surface area contributed by atoms with Crippen LogP contribution in [0, 0.1) is 5.92 Å². The van der Waals surface area contributed by atoms with E-state index >= 15 is 0 Å². The normalized spacial score (nSPS) is 10.9. The van der Waals surface area contributed by atoms with Crippen LogP contribution in [-0.2, 0) is 4.74 Å². The first-order chi connectivity index (χ1) is 8.09. The molecule has 1 aromatic rings. The number of benzene rings is 1. The Labute approximate surface area is 120 Å². The van der Waals surface area contributed by atoms with Crippen molar-refractivity contribution in [1.82, 2.24) is 0 Å². The second-order valence-electron chi connectivity index (χ2n) is 4.35. The van der Waals surface area contributed by atoms with Gasteiger partial charge in [-0.05, 0) is 46.5 Å². The molecule has 96 valence electrons. The van der Waals surface area contributed by atoms with Gasteiger partial charge in [0.05, 0.1) is 6.61 Å². The van der Waals surface area contributed by atoms with Crippen molar-refractivity contribution in [2.24, 2.45) is 5.92 Å². The molecule has 4 heteroatoms. The first-order valence-electron chi connectivity index (χ1n) is 5.86. The average molecular weight is 365 g/mol. The molecule has 0 saturated heterocycles. The maximum Gasteiger partial charge on any atom is 0.0639 e. The molecule has 0 unspecified atom stereocenters. The van der Waals surface area contributed by atoms with E-state index in [0.717, 1.165) is 40.8 Å². The molecule has 0 atom stereocenters. The minimum absolute atomic E-state index is 0.710. The fourth-order valence-electron chi connectivity index (χ4n) is 1.31. The Hall–Kier alpha value is -0.0600. The van der Waals surface area contributed by atoms with Crippen LogP contribution in [0.15, 0.2) is 27.1 Å². The zero-order valence-corrected chi connectivity index (χ0v) is 13.5. The number of anilines is 1. The SMILES string of the molecule is CC(C)CCOCCNc1cc(Br)ccc1Br. The highest BCUT2D eigenvalue weighted by atomic mass is 79.9. The van der Waals surface area contributed by atoms with Crippen molar-refractivity contribution in [3.63, 3.8) is 0 Å². The average Bonchev–Trinajstić information content (AvgIpc) is 2.27. The molecule has 1 N–H and O–H groups in total. The molecular weight excluding hydrogens is 346 g/mol. The predicted octanol–water partition coefficient (Wildman–Crippen LogP) is 4.69. The van der Waals surface area contributed by atoms with E-state index in [2.05, 4.69) is 57.1 Å². The van der Waals surface area contributed by atoms with Crippen molar-refractivity contribution in [1.29, 1.82) is 0 Å². The molecule has 0 spiro atoms. The number of rotatable bonds is 7. The maximum atomic E-state index is 5.55. The zero-order valence-electron chi connectivity index (χ0n) is 10.3. The summed E-state index contributed by atoms with van der Waals surface area (Å²) in [5.41, 5.74) is 1.09. The van der Waals surface area contributed by atoms with E-state index in [9.17, 15) is 0 Å². The van der Waals surface area contributed by atoms with Gasteiger partial charge in [0.15, 0.2) is 0 Å². The maximum absolute atomic E-state index is 5.55. The Morgan fingerprint density at radius 1 is 1.24 bits per heavy atom. The molecule has 17 heavy (non-hydrogen) atoms. The van der Waals surface area contributed by atoms with Crippen molar-refractivity contribution in [3.05, 3.63) is 27.1 Å². The highest BCUT2D eigenvalue weighted by Gasteiger charge is 1.99. The number of ether oxygens (including phenoxy) is 1. The second kappa shape index (κ2) is 8.11. The highest BCUT2D eigenvalue weighted by molar-refractivity contribution is 9.11. The lowest BCUT2D eigenvalue weighted by Gasteiger charge is -2.10. The first-order valence-corrected chi connectivity index (χ1v) is 7.45. The minimum Gasteiger partial charge on any atom is -0.382 e. The Morgan fingerprint density at radius 3 is 2.71 bits per heavy atom. The van der Waals surface area contributed by atoms with E-state index < -0.39 is 0 Å². The van der Waals surface area contributed by atoms with Gasteiger partial charge in [-0.25, -0.2) is 0 Å². The first kappa shape index (κ1) is 15.0. The van der Waals surface area contributed by atoms with Gasteiger partial charge in [0, 0.05) is 27.8 Å². The molecule has 0 bridgehead atoms. The smallest absolute Gasteiger partial charge is 0.0639 e. The van der Waals surface area contributed by atoms with E-state index in [1.807, 2.05) is 12.1 Å². The molecule has 0 aromatic heterocycles. The van der Waals surface area contributed by atoms with Crippen LogP contribution in [0.5, 0.6) is 0 Å². The third-order valence-electron chi connectivity index (χ3n) is 2.33. The lowest BCUT2D eigenvalue weighted by Crippen LogP contribution is -2.11. The van der Waals surface area contributed by atoms with Crippen LogP contribution < -0.4 is 5.32 Å². The summed E-state index contributed by atoms with van der Waals surface area (Å²) in [7, 11) is 0. The van der Waals surface area contributed by atoms with Gasteiger partial charge in [0.25, 0.3) is 0 Å². The quantitative estimate of drug-likeness (QED) is 0.709. The van der Waals surface area contributed by atoms with Crippen LogP contribution in [0.4, 0.5) is 5.69 Å². The Balaban J connectivity index is 2.20. The molecule has 0 aliphatic rings. The van der Waals surface area contributed by atoms with Crippen LogP contribution in [0.2, 0.25) is 0 Å². The van der Waals surface area contributed by atoms with Gasteiger partial charge in [-0.15, -0.1) is 0 Å². The summed E-state index contributed by atoms with van der Waals surface area (Å²) in [5.74, 6) is 0.710. The van der Waals surface area contributed by atoms with Crippen LogP contribution in [0.25, 0.3) is 0 Å². The number of halogens is 2. The Morgan fingerprint density at radius 2 is 2.00 bits per heavy atom. The molecule has 2 nitrogen and oxygen atoms in total. The summed E-state index contributed by atoms with van der Waals surface area (Å²) in [6.07, 6.45) is 1.13. The van der Waals surface area contributed by atoms with E-state index in [1.54, 1.807) is 0 Å². The molecule has 0 amide bonds. The molecular formula is C13H19Br2NO. The summed E-state index contributed by atoms with van der Waals surface area (Å²) in [6, 6.07) is 6.08. The van der Waals surface area contributed by atoms with E-state index in [0.29, 0.717) is 5.92 Å². The Bertz CT molecular complexity index is 342. The van der Waals surface area contributed by atoms with Gasteiger partial charge < -0.3 is 10.1 Å². The second-order valence-corrected chi connectivity index (χ2v) is 6.12. The van der Waals surface area contributed by atoms with Crippen LogP contribution in [-0.4, -0.2) is 19.8 Å². The third-order valence-corrected chi connectivity index (χ3v) is 3.51. The third kappa shape index (κ3) is 6.43. The lowest BCUT2D eigenvalue weighted by molar-refractivity contribution is 0.132. The molecule has 0 heterocycles. The molecule has 0 saturated carbocycles. The fourth-order valence-corrected chi connectivity index (χ4v) is 2.06. The summed E-state index contributed by atoms with van der Waals surface area (Å²) in [6.45, 7) is 6.83. The van der Waals surface area contributed by atoms with Gasteiger partial charge >= 0.3 is 0 Å². The summed E-state index contributed by atoms with van der Waals surface area (Å²) in [4.78, 5) is 0. The van der Waals surface area contributed by atoms with E-state index in [4.69, 9.17) is 4.74 Å². The van der Waals surface area contributed by atoms with Gasteiger partial charge in [-0.3, -0.25) is 0 Å². The molecule has 1 rings (SSSR count). The van der Waals surface area contributed by atoms with Crippen LogP contribution in [0.3, 0.4) is 0 Å². The van der Waals surface area contributed by atoms with E-state index in [1.165, 1.54) is 0 Å². The largest absolute Gasteiger partial charge is 0.382 e. The number of hydrogen-bond donors (Lipinski definition) is 1. The molecule has 0 aliphatic carbocycles. The van der Waals surface area contributed by atoms with Gasteiger partial charge in [0.1, 0.15) is 0 Å². The summed E-state index contributed by atoms with van der Waals surface area (Å²) >= 11 is 6.96. The van der Waals surface area contributed by atoms with Crippen molar-refractivity contribution >= 4 is 37.5 Å². The van der Waals surface area contributed by atoms with E-state index in [-0.39, 0.29) is 0 Å². The number of hydrogen-bond acceptors (Lipinski definition) is 2. The summed E-state index contributed by atoms with van der Waals surface area (Å²) < 4.78 is 7.69. The zero-order chi connectivity index (χ0) is 12.7. The molecule has 0 aliphatic heterocycles. The van der Waals surface area contributed by atoms with Crippen LogP contribution >= 0.6 is 31.9 Å². The van der Waals surface area contributed by atoms with Crippen molar-refractivity contribution < 1.29 is 4.74 Å². The monoisotopic (exact) mass is 363 g/mol. The van der Waals surface area contributed by atoms with Crippen molar-refractivity contribution in [3.8, 4) is 0 Å². The predicted molar refractivity (Wildman–Crippen MR) is 80.6 cm³/mol. The molecule has 0 fully saturated rings. The number of nitrogens with one attached hydrogen (secondary N) is 1. The van der Waals surface area contributed by atoms with Gasteiger partial charge in [0.2, 0.25) is 0 Å². The van der Waals surface area contributed by atoms with Gasteiger partial charge in [-0.2, -0.15) is 0 Å². The van der Waals surface area contributed by atoms with Crippen molar-refractivity contribution in [2.45, 2.75) is 20.3 Å². The van der Waals surface area contributed by atoms with Crippen LogP contribution in [0.1, 0.15) is 20.3 Å².